The van der Waals surface area contributed by atoms with E-state index < -0.39 is 0 Å². The average Bonchev–Trinajstić information content (AvgIpc) is 2.71. The lowest BCUT2D eigenvalue weighted by Crippen LogP contribution is -2.35. The van der Waals surface area contributed by atoms with Crippen LogP contribution in [0, 0.1) is 0 Å². The molecular weight excluding hydrogens is 244 g/mol. The van der Waals surface area contributed by atoms with Crippen molar-refractivity contribution in [2.75, 3.05) is 7.05 Å². The molecule has 0 bridgehead atoms. The van der Waals surface area contributed by atoms with Crippen LogP contribution in [0.2, 0.25) is 0 Å². The smallest absolute Gasteiger partial charge is 0.151 e. The number of phenols is 1. The van der Waals surface area contributed by atoms with Gasteiger partial charge in [-0.1, -0.05) is 6.58 Å². The van der Waals surface area contributed by atoms with Gasteiger partial charge in [-0.2, -0.15) is 0 Å². The molecule has 1 aliphatic heterocycles. The fourth-order valence-electron chi connectivity index (χ4n) is 2.33. The molecule has 19 heavy (non-hydrogen) atoms. The van der Waals surface area contributed by atoms with Crippen molar-refractivity contribution in [3.05, 3.63) is 35.9 Å². The number of nitrogens with zero attached hydrogens (tertiary/aromatic N) is 1. The Morgan fingerprint density at radius 2 is 2.42 bits per heavy atom. The van der Waals surface area contributed by atoms with Gasteiger partial charge in [-0.05, 0) is 23.8 Å². The van der Waals surface area contributed by atoms with Crippen LogP contribution in [0.3, 0.4) is 0 Å². The third-order valence-corrected chi connectivity index (χ3v) is 3.22. The first kappa shape index (κ1) is 13.6. The Labute approximate surface area is 112 Å². The number of carbonyl (C=O) groups excluding carboxylic acids is 1. The first-order valence-electron chi connectivity index (χ1n) is 6.21. The van der Waals surface area contributed by atoms with Gasteiger partial charge in [0, 0.05) is 37.7 Å². The Balaban J connectivity index is 2.18. The van der Waals surface area contributed by atoms with Crippen molar-refractivity contribution in [3.8, 4) is 5.75 Å². The quantitative estimate of drug-likeness (QED) is 0.603. The third-order valence-electron chi connectivity index (χ3n) is 3.22. The topological polar surface area (TPSA) is 61.8 Å². The van der Waals surface area contributed by atoms with Crippen LogP contribution in [0.15, 0.2) is 24.8 Å². The molecule has 2 rings (SSSR count). The molecule has 0 saturated heterocycles. The molecule has 1 aromatic rings. The average molecular weight is 262 g/mol. The first-order valence-corrected chi connectivity index (χ1v) is 6.21. The number of benzene rings is 1. The number of aldehydes is 1. The maximum absolute atomic E-state index is 10.5. The summed E-state index contributed by atoms with van der Waals surface area (Å²) in [6, 6.07) is 5.23. The highest BCUT2D eigenvalue weighted by atomic mass is 16.7. The maximum atomic E-state index is 10.5. The van der Waals surface area contributed by atoms with Crippen LogP contribution in [-0.2, 0) is 16.2 Å². The fraction of sp³-hybridized carbons (Fsp3) is 0.357. The van der Waals surface area contributed by atoms with Gasteiger partial charge in [0.05, 0.1) is 0 Å². The van der Waals surface area contributed by atoms with E-state index in [1.54, 1.807) is 19.2 Å². The number of nitrogens with one attached hydrogen (secondary N) is 1. The molecule has 0 fully saturated rings. The number of hydroxylamine groups is 1. The Morgan fingerprint density at radius 1 is 1.63 bits per heavy atom. The summed E-state index contributed by atoms with van der Waals surface area (Å²) in [4.78, 5) is 18.0. The Hall–Kier alpha value is -1.85. The van der Waals surface area contributed by atoms with E-state index in [1.807, 2.05) is 11.0 Å². The molecule has 1 aliphatic rings. The maximum Gasteiger partial charge on any atom is 0.151 e. The summed E-state index contributed by atoms with van der Waals surface area (Å²) >= 11 is 0. The standard InChI is InChI=1S/C14H18N2O3/c1-10-13-6-5-12(18)8-11(13)9-16(10)14(19-15-2)4-3-7-17/h5-8,14-15,18H,1,3-4,9H2,2H3. The molecule has 5 heteroatoms. The van der Waals surface area contributed by atoms with E-state index in [0.717, 1.165) is 23.1 Å². The SMILES string of the molecule is C=C1c2ccc(O)cc2CN1C(CCC=O)ONC. The van der Waals surface area contributed by atoms with Gasteiger partial charge < -0.3 is 14.8 Å². The second-order valence-corrected chi connectivity index (χ2v) is 4.44. The molecular formula is C14H18N2O3. The molecule has 5 nitrogen and oxygen atoms in total. The minimum Gasteiger partial charge on any atom is -0.508 e. The molecule has 2 N–H and O–H groups in total. The van der Waals surface area contributed by atoms with Crippen LogP contribution in [-0.4, -0.2) is 29.6 Å². The summed E-state index contributed by atoms with van der Waals surface area (Å²) < 4.78 is 0. The second kappa shape index (κ2) is 5.86. The molecule has 1 atom stereocenters. The molecule has 0 radical (unpaired) electrons. The van der Waals surface area contributed by atoms with E-state index >= 15 is 0 Å². The summed E-state index contributed by atoms with van der Waals surface area (Å²) in [7, 11) is 1.69. The van der Waals surface area contributed by atoms with Gasteiger partial charge in [0.1, 0.15) is 12.0 Å². The van der Waals surface area contributed by atoms with Crippen LogP contribution in [0.25, 0.3) is 5.70 Å². The van der Waals surface area contributed by atoms with Crippen LogP contribution in [0.5, 0.6) is 5.75 Å². The molecule has 0 amide bonds. The van der Waals surface area contributed by atoms with Gasteiger partial charge >= 0.3 is 0 Å². The second-order valence-electron chi connectivity index (χ2n) is 4.44. The lowest BCUT2D eigenvalue weighted by molar-refractivity contribution is -0.112. The number of carbonyl (C=O) groups is 1. The number of aromatic hydroxyl groups is 1. The number of phenolic OH excluding ortho intramolecular Hbond substituents is 1. The molecule has 1 unspecified atom stereocenters. The first-order chi connectivity index (χ1) is 9.17. The van der Waals surface area contributed by atoms with Crippen LogP contribution in [0.4, 0.5) is 0 Å². The Kier molecular flexibility index (Phi) is 4.19. The Bertz CT molecular complexity index is 488. The largest absolute Gasteiger partial charge is 0.508 e. The highest BCUT2D eigenvalue weighted by molar-refractivity contribution is 5.70. The molecule has 0 saturated carbocycles. The minimum atomic E-state index is -0.253. The van der Waals surface area contributed by atoms with Crippen molar-refractivity contribution in [2.24, 2.45) is 0 Å². The monoisotopic (exact) mass is 262 g/mol. The van der Waals surface area contributed by atoms with E-state index in [4.69, 9.17) is 4.84 Å². The normalized spacial score (nSPS) is 15.4. The zero-order chi connectivity index (χ0) is 13.8. The van der Waals surface area contributed by atoms with Crippen LogP contribution < -0.4 is 5.48 Å². The molecule has 1 heterocycles. The van der Waals surface area contributed by atoms with Gasteiger partial charge in [0.2, 0.25) is 0 Å². The van der Waals surface area contributed by atoms with E-state index in [1.165, 1.54) is 0 Å². The number of hydrogen-bond acceptors (Lipinski definition) is 5. The number of hydrogen-bond donors (Lipinski definition) is 2. The zero-order valence-corrected chi connectivity index (χ0v) is 10.9. The highest BCUT2D eigenvalue weighted by Gasteiger charge is 2.29. The Morgan fingerprint density at radius 3 is 3.11 bits per heavy atom. The fourth-order valence-corrected chi connectivity index (χ4v) is 2.33. The molecule has 0 spiro atoms. The van der Waals surface area contributed by atoms with E-state index in [2.05, 4.69) is 12.1 Å². The summed E-state index contributed by atoms with van der Waals surface area (Å²) in [5.74, 6) is 0.243. The third kappa shape index (κ3) is 2.77. The molecule has 102 valence electrons. The summed E-state index contributed by atoms with van der Waals surface area (Å²) in [5, 5.41) is 9.51. The van der Waals surface area contributed by atoms with Crippen molar-refractivity contribution in [3.63, 3.8) is 0 Å². The van der Waals surface area contributed by atoms with E-state index in [0.29, 0.717) is 19.4 Å². The van der Waals surface area contributed by atoms with Gasteiger partial charge in [-0.3, -0.25) is 4.84 Å². The van der Waals surface area contributed by atoms with Crippen LogP contribution in [0.1, 0.15) is 24.0 Å². The zero-order valence-electron chi connectivity index (χ0n) is 10.9. The molecule has 0 aliphatic carbocycles. The van der Waals surface area contributed by atoms with Crippen LogP contribution >= 0.6 is 0 Å². The predicted octanol–water partition coefficient (Wildman–Crippen LogP) is 1.63. The van der Waals surface area contributed by atoms with Crippen molar-refractivity contribution in [1.29, 1.82) is 0 Å². The minimum absolute atomic E-state index is 0.243. The molecule has 0 aromatic heterocycles. The lowest BCUT2D eigenvalue weighted by atomic mass is 10.1. The van der Waals surface area contributed by atoms with E-state index in [-0.39, 0.29) is 12.0 Å². The van der Waals surface area contributed by atoms with Gasteiger partial charge in [-0.25, -0.2) is 5.48 Å². The van der Waals surface area contributed by atoms with Crippen molar-refractivity contribution in [1.82, 2.24) is 10.4 Å². The number of rotatable bonds is 6. The molecule has 1 aromatic carbocycles. The van der Waals surface area contributed by atoms with Gasteiger partial charge in [-0.15, -0.1) is 0 Å². The number of fused-ring (bicyclic) bond motifs is 1. The summed E-state index contributed by atoms with van der Waals surface area (Å²) in [6.07, 6.45) is 1.64. The summed E-state index contributed by atoms with van der Waals surface area (Å²) in [5.41, 5.74) is 5.54. The lowest BCUT2D eigenvalue weighted by Gasteiger charge is -2.29. The summed E-state index contributed by atoms with van der Waals surface area (Å²) in [6.45, 7) is 4.68. The van der Waals surface area contributed by atoms with Crippen molar-refractivity contribution < 1.29 is 14.7 Å². The predicted molar refractivity (Wildman–Crippen MR) is 71.9 cm³/mol. The van der Waals surface area contributed by atoms with Gasteiger partial charge in [0.15, 0.2) is 6.23 Å². The van der Waals surface area contributed by atoms with Crippen molar-refractivity contribution in [2.45, 2.75) is 25.6 Å². The van der Waals surface area contributed by atoms with Crippen molar-refractivity contribution >= 4 is 12.0 Å². The van der Waals surface area contributed by atoms with E-state index in [9.17, 15) is 9.90 Å². The van der Waals surface area contributed by atoms with Gasteiger partial charge in [0.25, 0.3) is 0 Å². The highest BCUT2D eigenvalue weighted by Crippen LogP contribution is 2.35.